The van der Waals surface area contributed by atoms with E-state index in [1.54, 1.807) is 49.4 Å². The molecule has 3 rings (SSSR count). The first-order valence-electron chi connectivity index (χ1n) is 12.7. The molecule has 10 heteroatoms. The quantitative estimate of drug-likeness (QED) is 0.269. The second kappa shape index (κ2) is 13.8. The third-order valence-electron chi connectivity index (χ3n) is 6.27. The van der Waals surface area contributed by atoms with Gasteiger partial charge in [-0.3, -0.25) is 13.9 Å². The van der Waals surface area contributed by atoms with Gasteiger partial charge in [0.05, 0.1) is 10.6 Å². The fourth-order valence-corrected chi connectivity index (χ4v) is 5.70. The average Bonchev–Trinajstić information content (AvgIpc) is 2.91. The van der Waals surface area contributed by atoms with Gasteiger partial charge in [0.25, 0.3) is 10.0 Å². The summed E-state index contributed by atoms with van der Waals surface area (Å²) in [6.07, 6.45) is 1.71. The molecule has 1 atom stereocenters. The topological polar surface area (TPSA) is 86.8 Å². The lowest BCUT2D eigenvalue weighted by atomic mass is 10.1. The predicted molar refractivity (Wildman–Crippen MR) is 157 cm³/mol. The van der Waals surface area contributed by atoms with Crippen molar-refractivity contribution in [2.24, 2.45) is 0 Å². The van der Waals surface area contributed by atoms with Crippen LogP contribution in [0.4, 0.5) is 5.69 Å². The van der Waals surface area contributed by atoms with E-state index in [-0.39, 0.29) is 17.3 Å². The van der Waals surface area contributed by atoms with E-state index >= 15 is 0 Å². The van der Waals surface area contributed by atoms with E-state index in [9.17, 15) is 18.0 Å². The Labute approximate surface area is 240 Å². The van der Waals surface area contributed by atoms with Gasteiger partial charge in [0.15, 0.2) is 0 Å². The third-order valence-corrected chi connectivity index (χ3v) is 8.67. The molecular formula is C29H33Cl2N3O4S. The van der Waals surface area contributed by atoms with Crippen LogP contribution in [-0.2, 0) is 26.2 Å². The number of hydrogen-bond acceptors (Lipinski definition) is 4. The Morgan fingerprint density at radius 1 is 0.974 bits per heavy atom. The number of anilines is 1. The number of unbranched alkanes of at least 4 members (excludes halogenated alkanes) is 1. The third kappa shape index (κ3) is 7.97. The summed E-state index contributed by atoms with van der Waals surface area (Å²) in [6.45, 7) is 5.47. The molecule has 0 aliphatic rings. The summed E-state index contributed by atoms with van der Waals surface area (Å²) in [5, 5.41) is 3.70. The SMILES string of the molecule is CCCCNC(=O)[C@H](C)N(Cc1ccccc1Cl)C(=O)CN(c1cccc(C)c1)S(=O)(=O)c1ccc(Cl)cc1. The summed E-state index contributed by atoms with van der Waals surface area (Å²) >= 11 is 12.4. The number of nitrogens with zero attached hydrogens (tertiary/aromatic N) is 2. The van der Waals surface area contributed by atoms with Crippen molar-refractivity contribution in [1.29, 1.82) is 0 Å². The van der Waals surface area contributed by atoms with Gasteiger partial charge in [-0.1, -0.05) is 66.9 Å². The highest BCUT2D eigenvalue weighted by Crippen LogP contribution is 2.27. The molecule has 3 aromatic rings. The number of benzene rings is 3. The van der Waals surface area contributed by atoms with Gasteiger partial charge in [0, 0.05) is 23.1 Å². The van der Waals surface area contributed by atoms with Crippen molar-refractivity contribution in [2.75, 3.05) is 17.4 Å². The highest BCUT2D eigenvalue weighted by molar-refractivity contribution is 7.92. The Kier molecular flexibility index (Phi) is 10.8. The van der Waals surface area contributed by atoms with Crippen molar-refractivity contribution >= 4 is 50.7 Å². The fraction of sp³-hybridized carbons (Fsp3) is 0.310. The van der Waals surface area contributed by atoms with Crippen LogP contribution in [0.25, 0.3) is 0 Å². The maximum Gasteiger partial charge on any atom is 0.264 e. The van der Waals surface area contributed by atoms with E-state index in [0.29, 0.717) is 27.8 Å². The van der Waals surface area contributed by atoms with E-state index in [1.165, 1.54) is 29.2 Å². The van der Waals surface area contributed by atoms with Crippen molar-refractivity contribution in [2.45, 2.75) is 51.1 Å². The van der Waals surface area contributed by atoms with E-state index < -0.39 is 28.5 Å². The lowest BCUT2D eigenvalue weighted by Crippen LogP contribution is -2.51. The maximum absolute atomic E-state index is 13.9. The molecule has 0 bridgehead atoms. The molecule has 0 spiro atoms. The van der Waals surface area contributed by atoms with Gasteiger partial charge in [-0.05, 0) is 73.9 Å². The molecule has 0 saturated carbocycles. The second-order valence-electron chi connectivity index (χ2n) is 9.24. The molecule has 0 radical (unpaired) electrons. The van der Waals surface area contributed by atoms with Gasteiger partial charge in [-0.15, -0.1) is 0 Å². The lowest BCUT2D eigenvalue weighted by molar-refractivity contribution is -0.139. The zero-order valence-electron chi connectivity index (χ0n) is 22.2. The van der Waals surface area contributed by atoms with Crippen LogP contribution < -0.4 is 9.62 Å². The number of hydrogen-bond donors (Lipinski definition) is 1. The average molecular weight is 591 g/mol. The molecule has 0 unspecified atom stereocenters. The summed E-state index contributed by atoms with van der Waals surface area (Å²) < 4.78 is 28.7. The molecule has 7 nitrogen and oxygen atoms in total. The molecule has 208 valence electrons. The van der Waals surface area contributed by atoms with Crippen molar-refractivity contribution < 1.29 is 18.0 Å². The van der Waals surface area contributed by atoms with Crippen LogP contribution in [0.2, 0.25) is 10.0 Å². The molecule has 0 aromatic heterocycles. The minimum absolute atomic E-state index is 0.00998. The predicted octanol–water partition coefficient (Wildman–Crippen LogP) is 5.83. The number of nitrogens with one attached hydrogen (secondary N) is 1. The molecule has 0 aliphatic carbocycles. The molecule has 2 amide bonds. The first kappa shape index (κ1) is 30.5. The molecule has 1 N–H and O–H groups in total. The van der Waals surface area contributed by atoms with Crippen molar-refractivity contribution in [1.82, 2.24) is 10.2 Å². The first-order valence-corrected chi connectivity index (χ1v) is 14.9. The van der Waals surface area contributed by atoms with E-state index in [4.69, 9.17) is 23.2 Å². The Balaban J connectivity index is 2.01. The molecule has 0 aliphatic heterocycles. The summed E-state index contributed by atoms with van der Waals surface area (Å²) in [7, 11) is -4.16. The molecule has 3 aromatic carbocycles. The van der Waals surface area contributed by atoms with Crippen molar-refractivity contribution in [3.63, 3.8) is 0 Å². The number of sulfonamides is 1. The van der Waals surface area contributed by atoms with Crippen LogP contribution in [0.15, 0.2) is 77.7 Å². The van der Waals surface area contributed by atoms with Gasteiger partial charge in [-0.2, -0.15) is 0 Å². The van der Waals surface area contributed by atoms with E-state index in [2.05, 4.69) is 5.32 Å². The van der Waals surface area contributed by atoms with Crippen LogP contribution >= 0.6 is 23.2 Å². The van der Waals surface area contributed by atoms with Crippen LogP contribution in [0.3, 0.4) is 0 Å². The molecule has 0 fully saturated rings. The second-order valence-corrected chi connectivity index (χ2v) is 11.9. The Hall–Kier alpha value is -3.07. The zero-order chi connectivity index (χ0) is 28.6. The maximum atomic E-state index is 13.9. The van der Waals surface area contributed by atoms with E-state index in [0.717, 1.165) is 22.7 Å². The summed E-state index contributed by atoms with van der Waals surface area (Å²) in [6, 6.07) is 18.8. The van der Waals surface area contributed by atoms with Gasteiger partial charge in [0.2, 0.25) is 11.8 Å². The van der Waals surface area contributed by atoms with Gasteiger partial charge >= 0.3 is 0 Å². The van der Waals surface area contributed by atoms with Crippen LogP contribution in [0, 0.1) is 6.92 Å². The number of rotatable bonds is 12. The minimum atomic E-state index is -4.16. The van der Waals surface area contributed by atoms with Gasteiger partial charge in [-0.25, -0.2) is 8.42 Å². The monoisotopic (exact) mass is 589 g/mol. The Bertz CT molecular complexity index is 1400. The lowest BCUT2D eigenvalue weighted by Gasteiger charge is -2.32. The molecule has 0 heterocycles. The smallest absolute Gasteiger partial charge is 0.264 e. The Morgan fingerprint density at radius 3 is 2.31 bits per heavy atom. The van der Waals surface area contributed by atoms with Crippen molar-refractivity contribution in [3.8, 4) is 0 Å². The van der Waals surface area contributed by atoms with Crippen molar-refractivity contribution in [3.05, 3.63) is 94.0 Å². The molecular weight excluding hydrogens is 557 g/mol. The number of carbonyl (C=O) groups excluding carboxylic acids is 2. The fourth-order valence-electron chi connectivity index (χ4n) is 3.97. The van der Waals surface area contributed by atoms with Gasteiger partial charge < -0.3 is 10.2 Å². The first-order chi connectivity index (χ1) is 18.5. The number of carbonyl (C=O) groups is 2. The highest BCUT2D eigenvalue weighted by Gasteiger charge is 2.32. The minimum Gasteiger partial charge on any atom is -0.354 e. The van der Waals surface area contributed by atoms with Crippen LogP contribution in [-0.4, -0.2) is 44.3 Å². The number of amides is 2. The summed E-state index contributed by atoms with van der Waals surface area (Å²) in [5.41, 5.74) is 1.80. The normalized spacial score (nSPS) is 12.0. The summed E-state index contributed by atoms with van der Waals surface area (Å²) in [4.78, 5) is 28.3. The Morgan fingerprint density at radius 2 is 1.67 bits per heavy atom. The van der Waals surface area contributed by atoms with Crippen LogP contribution in [0.1, 0.15) is 37.8 Å². The summed E-state index contributed by atoms with van der Waals surface area (Å²) in [5.74, 6) is -0.876. The zero-order valence-corrected chi connectivity index (χ0v) is 24.6. The largest absolute Gasteiger partial charge is 0.354 e. The molecule has 39 heavy (non-hydrogen) atoms. The van der Waals surface area contributed by atoms with E-state index in [1.807, 2.05) is 19.9 Å². The van der Waals surface area contributed by atoms with Gasteiger partial charge in [0.1, 0.15) is 12.6 Å². The highest BCUT2D eigenvalue weighted by atomic mass is 35.5. The number of aryl methyl sites for hydroxylation is 1. The number of halogens is 2. The molecule has 0 saturated heterocycles. The van der Waals surface area contributed by atoms with Crippen LogP contribution in [0.5, 0.6) is 0 Å². The standard InChI is InChI=1S/C29H33Cl2N3O4S/c1-4-5-17-32-29(36)22(3)33(19-23-10-6-7-12-27(23)31)28(35)20-34(25-11-8-9-21(2)18-25)39(37,38)26-15-13-24(30)14-16-26/h6-16,18,22H,4-5,17,19-20H2,1-3H3,(H,32,36)/t22-/m0/s1.